The van der Waals surface area contributed by atoms with E-state index in [0.29, 0.717) is 17.9 Å². The quantitative estimate of drug-likeness (QED) is 0.524. The smallest absolute Gasteiger partial charge is 0.252 e. The van der Waals surface area contributed by atoms with Crippen LogP contribution in [0.5, 0.6) is 0 Å². The first-order valence-electron chi connectivity index (χ1n) is 10.2. The molecule has 2 atom stereocenters. The molecule has 1 saturated carbocycles. The number of aliphatic hydroxyl groups excluding tert-OH is 1. The van der Waals surface area contributed by atoms with Crippen LogP contribution >= 0.6 is 11.6 Å². The van der Waals surface area contributed by atoms with E-state index in [-0.39, 0.29) is 27.3 Å². The number of carbonyl (C=O) groups is 2. The zero-order valence-corrected chi connectivity index (χ0v) is 19.1. The number of aromatic nitrogens is 2. The Morgan fingerprint density at radius 2 is 1.94 bits per heavy atom. The number of hydrogen-bond donors (Lipinski definition) is 3. The predicted octanol–water partition coefficient (Wildman–Crippen LogP) is 2.35. The van der Waals surface area contributed by atoms with Gasteiger partial charge in [-0.15, -0.1) is 0 Å². The lowest BCUT2D eigenvalue weighted by Gasteiger charge is -2.21. The summed E-state index contributed by atoms with van der Waals surface area (Å²) in [6.45, 7) is 0. The molecule has 32 heavy (non-hydrogen) atoms. The average molecular weight is 481 g/mol. The molecular weight excluding hydrogens is 456 g/mol. The number of primary amides is 1. The van der Waals surface area contributed by atoms with E-state index in [0.717, 1.165) is 38.1 Å². The van der Waals surface area contributed by atoms with Crippen LogP contribution in [0.2, 0.25) is 5.02 Å². The maximum absolute atomic E-state index is 13.2. The van der Waals surface area contributed by atoms with Gasteiger partial charge in [0.15, 0.2) is 21.8 Å². The van der Waals surface area contributed by atoms with Crippen molar-refractivity contribution in [3.8, 4) is 0 Å². The fourth-order valence-electron chi connectivity index (χ4n) is 3.91. The Morgan fingerprint density at radius 3 is 2.47 bits per heavy atom. The van der Waals surface area contributed by atoms with Gasteiger partial charge in [0.05, 0.1) is 33.9 Å². The van der Waals surface area contributed by atoms with Crippen molar-refractivity contribution >= 4 is 39.1 Å². The van der Waals surface area contributed by atoms with Crippen molar-refractivity contribution in [2.45, 2.75) is 49.0 Å². The number of carbonyl (C=O) groups excluding carboxylic acids is 2. The standard InChI is InChI=1S/C21H25ClN4O5S/c1-32(30,31)17-7-6-13(9-15(17)22)14(8-12-4-2-3-5-12)21(29)26-18-11-24-16(10-25-18)19(27)20(23)28/h6-7,9-12,14,19,27H,2-5,8H2,1H3,(H2,23,28)(H,25,26,29)/t14?,19-/m1/s1. The van der Waals surface area contributed by atoms with Crippen LogP contribution in [0, 0.1) is 5.92 Å². The van der Waals surface area contributed by atoms with Gasteiger partial charge in [0.25, 0.3) is 5.91 Å². The molecule has 1 aromatic heterocycles. The third-order valence-electron chi connectivity index (χ3n) is 5.59. The molecule has 0 bridgehead atoms. The molecule has 172 valence electrons. The highest BCUT2D eigenvalue weighted by Crippen LogP contribution is 2.36. The molecular formula is C21H25ClN4O5S. The number of sulfone groups is 1. The van der Waals surface area contributed by atoms with Gasteiger partial charge in [0, 0.05) is 6.26 Å². The second kappa shape index (κ2) is 9.93. The lowest BCUT2D eigenvalue weighted by Crippen LogP contribution is -2.24. The summed E-state index contributed by atoms with van der Waals surface area (Å²) in [4.78, 5) is 32.2. The van der Waals surface area contributed by atoms with Gasteiger partial charge in [-0.05, 0) is 30.0 Å². The lowest BCUT2D eigenvalue weighted by atomic mass is 9.87. The van der Waals surface area contributed by atoms with Crippen molar-refractivity contribution in [2.75, 3.05) is 11.6 Å². The van der Waals surface area contributed by atoms with Gasteiger partial charge < -0.3 is 16.2 Å². The second-order valence-corrected chi connectivity index (χ2v) is 10.4. The summed E-state index contributed by atoms with van der Waals surface area (Å²) >= 11 is 6.22. The summed E-state index contributed by atoms with van der Waals surface area (Å²) < 4.78 is 23.8. The highest BCUT2D eigenvalue weighted by molar-refractivity contribution is 7.90. The maximum Gasteiger partial charge on any atom is 0.252 e. The van der Waals surface area contributed by atoms with E-state index in [1.807, 2.05) is 0 Å². The van der Waals surface area contributed by atoms with Crippen LogP contribution in [-0.4, -0.2) is 41.6 Å². The number of halogens is 1. The Kier molecular flexibility index (Phi) is 7.47. The van der Waals surface area contributed by atoms with Gasteiger partial charge in [-0.3, -0.25) is 14.6 Å². The summed E-state index contributed by atoms with van der Waals surface area (Å²) in [5, 5.41) is 12.4. The van der Waals surface area contributed by atoms with Crippen LogP contribution in [0.1, 0.15) is 55.4 Å². The van der Waals surface area contributed by atoms with Crippen molar-refractivity contribution in [1.29, 1.82) is 0 Å². The molecule has 2 amide bonds. The SMILES string of the molecule is CS(=O)(=O)c1ccc(C(CC2CCCC2)C(=O)Nc2cnc([C@@H](O)C(N)=O)cn2)cc1Cl. The average Bonchev–Trinajstić information content (AvgIpc) is 3.24. The van der Waals surface area contributed by atoms with Crippen molar-refractivity contribution < 1.29 is 23.1 Å². The molecule has 1 fully saturated rings. The highest BCUT2D eigenvalue weighted by atomic mass is 35.5. The minimum Gasteiger partial charge on any atom is -0.377 e. The first-order valence-corrected chi connectivity index (χ1v) is 12.4. The first-order chi connectivity index (χ1) is 15.1. The zero-order chi connectivity index (χ0) is 23.5. The van der Waals surface area contributed by atoms with Gasteiger partial charge in [-0.2, -0.15) is 0 Å². The van der Waals surface area contributed by atoms with Crippen LogP contribution in [0.15, 0.2) is 35.5 Å². The molecule has 1 aliphatic rings. The molecule has 0 aliphatic heterocycles. The number of benzene rings is 1. The van der Waals surface area contributed by atoms with Crippen molar-refractivity contribution in [3.63, 3.8) is 0 Å². The number of rotatable bonds is 8. The number of hydrogen-bond acceptors (Lipinski definition) is 7. The van der Waals surface area contributed by atoms with Gasteiger partial charge in [0.2, 0.25) is 5.91 Å². The van der Waals surface area contributed by atoms with Crippen molar-refractivity contribution in [3.05, 3.63) is 46.9 Å². The minimum atomic E-state index is -3.49. The van der Waals surface area contributed by atoms with Crippen LogP contribution < -0.4 is 11.1 Å². The molecule has 1 aromatic carbocycles. The van der Waals surface area contributed by atoms with Gasteiger partial charge in [-0.1, -0.05) is 43.4 Å². The summed E-state index contributed by atoms with van der Waals surface area (Å²) in [6, 6.07) is 4.55. The topological polar surface area (TPSA) is 152 Å². The Hall–Kier alpha value is -2.56. The van der Waals surface area contributed by atoms with Gasteiger partial charge in [0.1, 0.15) is 0 Å². The van der Waals surface area contributed by atoms with Gasteiger partial charge >= 0.3 is 0 Å². The summed E-state index contributed by atoms with van der Waals surface area (Å²) in [5.41, 5.74) is 5.63. The molecule has 1 heterocycles. The number of nitrogens with two attached hydrogens (primary N) is 1. The third-order valence-corrected chi connectivity index (χ3v) is 7.17. The molecule has 0 radical (unpaired) electrons. The zero-order valence-electron chi connectivity index (χ0n) is 17.5. The third kappa shape index (κ3) is 5.81. The highest BCUT2D eigenvalue weighted by Gasteiger charge is 2.28. The van der Waals surface area contributed by atoms with Crippen LogP contribution in [0.4, 0.5) is 5.82 Å². The van der Waals surface area contributed by atoms with E-state index < -0.39 is 27.8 Å². The number of anilines is 1. The number of aliphatic hydroxyl groups is 1. The fourth-order valence-corrected chi connectivity index (χ4v) is 5.25. The summed E-state index contributed by atoms with van der Waals surface area (Å²) in [5.74, 6) is -1.34. The minimum absolute atomic E-state index is 0.0115. The first kappa shape index (κ1) is 24.1. The lowest BCUT2D eigenvalue weighted by molar-refractivity contribution is -0.126. The van der Waals surface area contributed by atoms with E-state index in [9.17, 15) is 23.1 Å². The molecule has 4 N–H and O–H groups in total. The van der Waals surface area contributed by atoms with Crippen molar-refractivity contribution in [1.82, 2.24) is 9.97 Å². The molecule has 1 unspecified atom stereocenters. The molecule has 3 rings (SSSR count). The molecule has 0 spiro atoms. The molecule has 9 nitrogen and oxygen atoms in total. The summed E-state index contributed by atoms with van der Waals surface area (Å²) in [7, 11) is -3.49. The Bertz CT molecular complexity index is 1100. The van der Waals surface area contributed by atoms with Gasteiger partial charge in [-0.25, -0.2) is 13.4 Å². The maximum atomic E-state index is 13.2. The number of nitrogens with one attached hydrogen (secondary N) is 1. The van der Waals surface area contributed by atoms with E-state index in [1.165, 1.54) is 18.3 Å². The fraction of sp³-hybridized carbons (Fsp3) is 0.429. The monoisotopic (exact) mass is 480 g/mol. The van der Waals surface area contributed by atoms with E-state index in [1.54, 1.807) is 6.07 Å². The van der Waals surface area contributed by atoms with E-state index in [4.69, 9.17) is 17.3 Å². The molecule has 11 heteroatoms. The molecule has 1 aliphatic carbocycles. The Morgan fingerprint density at radius 1 is 1.25 bits per heavy atom. The largest absolute Gasteiger partial charge is 0.377 e. The van der Waals surface area contributed by atoms with Crippen LogP contribution in [-0.2, 0) is 19.4 Å². The Balaban J connectivity index is 1.84. The van der Waals surface area contributed by atoms with Crippen LogP contribution in [0.3, 0.4) is 0 Å². The second-order valence-electron chi connectivity index (χ2n) is 8.02. The molecule has 0 saturated heterocycles. The predicted molar refractivity (Wildman–Crippen MR) is 119 cm³/mol. The molecule has 2 aromatic rings. The summed E-state index contributed by atoms with van der Waals surface area (Å²) in [6.07, 6.45) is 6.75. The van der Waals surface area contributed by atoms with Crippen molar-refractivity contribution in [2.24, 2.45) is 11.7 Å². The van der Waals surface area contributed by atoms with Crippen LogP contribution in [0.25, 0.3) is 0 Å². The van der Waals surface area contributed by atoms with E-state index >= 15 is 0 Å². The number of amides is 2. The van der Waals surface area contributed by atoms with E-state index in [2.05, 4.69) is 15.3 Å². The Labute approximate surface area is 191 Å². The number of nitrogens with zero attached hydrogens (tertiary/aromatic N) is 2. The normalized spacial score (nSPS) is 16.5.